The van der Waals surface area contributed by atoms with Gasteiger partial charge in [0.25, 0.3) is 0 Å². The molecule has 0 aliphatic carbocycles. The average molecular weight is 461 g/mol. The molecule has 0 spiro atoms. The van der Waals surface area contributed by atoms with Crippen LogP contribution in [0.15, 0.2) is 42.5 Å². The number of ether oxygens (including phenoxy) is 1. The zero-order valence-electron chi connectivity index (χ0n) is 16.1. The summed E-state index contributed by atoms with van der Waals surface area (Å²) in [6.45, 7) is 2.27. The van der Waals surface area contributed by atoms with Crippen LogP contribution in [0.1, 0.15) is 18.4 Å². The molecule has 4 nitrogen and oxygen atoms in total. The van der Waals surface area contributed by atoms with E-state index in [0.29, 0.717) is 67.1 Å². The number of benzene rings is 2. The zero-order chi connectivity index (χ0) is 21.7. The molecule has 1 aliphatic heterocycles. The molecule has 0 N–H and O–H groups in total. The van der Waals surface area contributed by atoms with Gasteiger partial charge in [-0.2, -0.15) is 13.2 Å². The summed E-state index contributed by atoms with van der Waals surface area (Å²) in [4.78, 5) is 16.0. The predicted molar refractivity (Wildman–Crippen MR) is 111 cm³/mol. The van der Waals surface area contributed by atoms with Crippen LogP contribution >= 0.6 is 23.2 Å². The number of nitrogens with zero attached hydrogens (tertiary/aromatic N) is 2. The van der Waals surface area contributed by atoms with Gasteiger partial charge in [-0.05, 0) is 42.8 Å². The number of carbonyl (C=O) groups is 1. The lowest BCUT2D eigenvalue weighted by Crippen LogP contribution is -2.48. The molecule has 0 unspecified atom stereocenters. The Morgan fingerprint density at radius 2 is 1.77 bits per heavy atom. The lowest BCUT2D eigenvalue weighted by atomic mass is 10.1. The molecule has 1 fully saturated rings. The Morgan fingerprint density at radius 1 is 1.03 bits per heavy atom. The van der Waals surface area contributed by atoms with E-state index in [9.17, 15) is 18.0 Å². The van der Waals surface area contributed by atoms with E-state index in [2.05, 4.69) is 0 Å². The van der Waals surface area contributed by atoms with Crippen molar-refractivity contribution in [3.05, 3.63) is 58.1 Å². The summed E-state index contributed by atoms with van der Waals surface area (Å²) in [5.41, 5.74) is -0.149. The Morgan fingerprint density at radius 3 is 2.43 bits per heavy atom. The van der Waals surface area contributed by atoms with Gasteiger partial charge in [-0.1, -0.05) is 29.3 Å². The molecule has 30 heavy (non-hydrogen) atoms. The molecule has 3 rings (SSSR count). The molecule has 0 aromatic heterocycles. The van der Waals surface area contributed by atoms with E-state index in [0.717, 1.165) is 12.1 Å². The van der Waals surface area contributed by atoms with Crippen molar-refractivity contribution in [3.8, 4) is 5.75 Å². The van der Waals surface area contributed by atoms with Crippen molar-refractivity contribution in [2.45, 2.75) is 19.0 Å². The maximum Gasteiger partial charge on any atom is 0.416 e. The fourth-order valence-corrected chi connectivity index (χ4v) is 3.71. The SMILES string of the molecule is O=C(CCCOc1ccc(Cl)cc1Cl)N1CCN(c2cccc(C(F)(F)F)c2)CC1. The molecule has 0 bridgehead atoms. The molecule has 9 heteroatoms. The highest BCUT2D eigenvalue weighted by atomic mass is 35.5. The Kier molecular flexibility index (Phi) is 7.36. The summed E-state index contributed by atoms with van der Waals surface area (Å²) in [7, 11) is 0. The maximum atomic E-state index is 12.9. The molecule has 162 valence electrons. The number of halogens is 5. The lowest BCUT2D eigenvalue weighted by Gasteiger charge is -2.36. The van der Waals surface area contributed by atoms with Crippen LogP contribution in [-0.2, 0) is 11.0 Å². The Balaban J connectivity index is 1.43. The number of piperazine rings is 1. The number of amides is 1. The van der Waals surface area contributed by atoms with Gasteiger partial charge < -0.3 is 14.5 Å². The van der Waals surface area contributed by atoms with Crippen molar-refractivity contribution < 1.29 is 22.7 Å². The van der Waals surface area contributed by atoms with E-state index in [-0.39, 0.29) is 5.91 Å². The molecule has 1 aliphatic rings. The van der Waals surface area contributed by atoms with Gasteiger partial charge in [0.05, 0.1) is 17.2 Å². The zero-order valence-corrected chi connectivity index (χ0v) is 17.6. The molecule has 0 atom stereocenters. The standard InChI is InChI=1S/C21H21Cl2F3N2O2/c22-16-6-7-19(18(23)14-16)30-12-2-5-20(29)28-10-8-27(9-11-28)17-4-1-3-15(13-17)21(24,25)26/h1,3-4,6-7,13-14H,2,5,8-12H2. The number of hydrogen-bond acceptors (Lipinski definition) is 3. The topological polar surface area (TPSA) is 32.8 Å². The third kappa shape index (κ3) is 5.95. The Labute approximate surface area is 183 Å². The quantitative estimate of drug-likeness (QED) is 0.532. The first-order valence-corrected chi connectivity index (χ1v) is 10.3. The summed E-state index contributed by atoms with van der Waals surface area (Å²) in [5, 5.41) is 0.936. The van der Waals surface area contributed by atoms with Gasteiger partial charge in [-0.15, -0.1) is 0 Å². The van der Waals surface area contributed by atoms with Crippen molar-refractivity contribution in [1.82, 2.24) is 4.90 Å². The summed E-state index contributed by atoms with van der Waals surface area (Å²) in [6.07, 6.45) is -3.51. The Bertz CT molecular complexity index is 885. The molecule has 2 aromatic rings. The van der Waals surface area contributed by atoms with Crippen LogP contribution in [0.25, 0.3) is 0 Å². The van der Waals surface area contributed by atoms with E-state index in [1.165, 1.54) is 6.07 Å². The Hall–Kier alpha value is -2.12. The van der Waals surface area contributed by atoms with Gasteiger partial charge in [0, 0.05) is 43.3 Å². The highest BCUT2D eigenvalue weighted by Crippen LogP contribution is 2.32. The molecule has 0 saturated carbocycles. The molecular weight excluding hydrogens is 440 g/mol. The minimum atomic E-state index is -4.37. The monoisotopic (exact) mass is 460 g/mol. The minimum absolute atomic E-state index is 0.00416. The van der Waals surface area contributed by atoms with Gasteiger partial charge >= 0.3 is 6.18 Å². The van der Waals surface area contributed by atoms with Gasteiger partial charge in [0.1, 0.15) is 5.75 Å². The average Bonchev–Trinajstić information content (AvgIpc) is 2.72. The summed E-state index contributed by atoms with van der Waals surface area (Å²) in [6, 6.07) is 10.2. The molecule has 1 heterocycles. The molecular formula is C21H21Cl2F3N2O2. The number of carbonyl (C=O) groups excluding carboxylic acids is 1. The number of rotatable bonds is 6. The molecule has 1 amide bonds. The predicted octanol–water partition coefficient (Wildman–Crippen LogP) is 5.52. The van der Waals surface area contributed by atoms with Crippen LogP contribution < -0.4 is 9.64 Å². The highest BCUT2D eigenvalue weighted by molar-refractivity contribution is 6.35. The smallest absolute Gasteiger partial charge is 0.416 e. The van der Waals surface area contributed by atoms with Crippen LogP contribution in [0.4, 0.5) is 18.9 Å². The highest BCUT2D eigenvalue weighted by Gasteiger charge is 2.31. The first-order valence-electron chi connectivity index (χ1n) is 9.52. The summed E-state index contributed by atoms with van der Waals surface area (Å²) in [5.74, 6) is 0.521. The largest absolute Gasteiger partial charge is 0.492 e. The van der Waals surface area contributed by atoms with E-state index in [1.807, 2.05) is 4.90 Å². The lowest BCUT2D eigenvalue weighted by molar-refractivity contribution is -0.137. The molecule has 1 saturated heterocycles. The second-order valence-electron chi connectivity index (χ2n) is 6.94. The van der Waals surface area contributed by atoms with Crippen LogP contribution in [0, 0.1) is 0 Å². The van der Waals surface area contributed by atoms with Gasteiger partial charge in [0.2, 0.25) is 5.91 Å². The van der Waals surface area contributed by atoms with E-state index < -0.39 is 11.7 Å². The van der Waals surface area contributed by atoms with Gasteiger partial charge in [-0.3, -0.25) is 4.79 Å². The third-order valence-corrected chi connectivity index (χ3v) is 5.39. The number of anilines is 1. The fourth-order valence-electron chi connectivity index (χ4n) is 3.25. The van der Waals surface area contributed by atoms with E-state index in [4.69, 9.17) is 27.9 Å². The van der Waals surface area contributed by atoms with Crippen LogP contribution in [-0.4, -0.2) is 43.6 Å². The van der Waals surface area contributed by atoms with Crippen LogP contribution in [0.5, 0.6) is 5.75 Å². The normalized spacial score (nSPS) is 14.7. The fraction of sp³-hybridized carbons (Fsp3) is 0.381. The second kappa shape index (κ2) is 9.79. The maximum absolute atomic E-state index is 12.9. The minimum Gasteiger partial charge on any atom is -0.492 e. The van der Waals surface area contributed by atoms with Crippen molar-refractivity contribution in [2.24, 2.45) is 0 Å². The molecule has 2 aromatic carbocycles. The summed E-state index contributed by atoms with van der Waals surface area (Å²) < 4.78 is 44.3. The first-order chi connectivity index (χ1) is 14.2. The third-order valence-electron chi connectivity index (χ3n) is 4.86. The van der Waals surface area contributed by atoms with Crippen LogP contribution in [0.2, 0.25) is 10.0 Å². The van der Waals surface area contributed by atoms with Crippen molar-refractivity contribution in [3.63, 3.8) is 0 Å². The van der Waals surface area contributed by atoms with Gasteiger partial charge in [-0.25, -0.2) is 0 Å². The van der Waals surface area contributed by atoms with Crippen molar-refractivity contribution >= 4 is 34.8 Å². The number of hydrogen-bond donors (Lipinski definition) is 0. The van der Waals surface area contributed by atoms with Gasteiger partial charge in [0.15, 0.2) is 0 Å². The number of alkyl halides is 3. The van der Waals surface area contributed by atoms with E-state index in [1.54, 1.807) is 29.2 Å². The van der Waals surface area contributed by atoms with Crippen molar-refractivity contribution in [2.75, 3.05) is 37.7 Å². The van der Waals surface area contributed by atoms with E-state index >= 15 is 0 Å². The first kappa shape index (κ1) is 22.6. The van der Waals surface area contributed by atoms with Crippen LogP contribution in [0.3, 0.4) is 0 Å². The molecule has 0 radical (unpaired) electrons. The van der Waals surface area contributed by atoms with Crippen molar-refractivity contribution in [1.29, 1.82) is 0 Å². The summed E-state index contributed by atoms with van der Waals surface area (Å²) >= 11 is 11.9. The second-order valence-corrected chi connectivity index (χ2v) is 7.79.